The number of ether oxygens (including phenoxy) is 1. The van der Waals surface area contributed by atoms with E-state index in [1.54, 1.807) is 0 Å². The van der Waals surface area contributed by atoms with Gasteiger partial charge in [0.25, 0.3) is 0 Å². The summed E-state index contributed by atoms with van der Waals surface area (Å²) in [4.78, 5) is 0. The van der Waals surface area contributed by atoms with E-state index in [9.17, 15) is 0 Å². The van der Waals surface area contributed by atoms with Crippen LogP contribution in [0.1, 0.15) is 122 Å². The molecule has 0 aromatic heterocycles. The summed E-state index contributed by atoms with van der Waals surface area (Å²) < 4.78 is 34.8. The van der Waals surface area contributed by atoms with Gasteiger partial charge in [-0.15, -0.1) is 0 Å². The van der Waals surface area contributed by atoms with Gasteiger partial charge in [0.1, 0.15) is 0 Å². The Kier molecular flexibility index (Phi) is 16.1. The monoisotopic (exact) mass is 778 g/mol. The fourth-order valence-corrected chi connectivity index (χ4v) is 24.5. The van der Waals surface area contributed by atoms with E-state index in [1.165, 1.54) is 55.6 Å². The molecule has 44 heavy (non-hydrogen) atoms. The van der Waals surface area contributed by atoms with E-state index in [0.717, 1.165) is 0 Å². The zero-order chi connectivity index (χ0) is 34.4. The molecular weight excluding hydrogens is 699 g/mol. The quantitative estimate of drug-likeness (QED) is 0.138. The molecule has 262 valence electrons. The molecule has 0 N–H and O–H groups in total. The standard InChI is InChI=1S/C24H51O4Si3.3C4H9.Sn/c1-22(2,3)29(10,11)26-18-20-21(28-31(14,15)24(7,8)9)19(16-17-25-20)27-30(12,13)23(4,5)6;3*1-3-4-2;/h16,19-21H,18H2,1-15H3;3*1,3-4H2,2H3;/t19-,20-,21+;;;;/m1..../s1. The fourth-order valence-electron chi connectivity index (χ4n) is 5.23. The van der Waals surface area contributed by atoms with Crippen LogP contribution in [0.15, 0.2) is 9.85 Å². The van der Waals surface area contributed by atoms with Crippen molar-refractivity contribution in [2.45, 2.75) is 208 Å². The summed E-state index contributed by atoms with van der Waals surface area (Å²) in [7, 11) is -6.26. The topological polar surface area (TPSA) is 36.9 Å². The Labute approximate surface area is 283 Å². The zero-order valence-corrected chi connectivity index (χ0v) is 38.9. The molecule has 0 fully saturated rings. The van der Waals surface area contributed by atoms with Crippen molar-refractivity contribution in [3.63, 3.8) is 0 Å². The van der Waals surface area contributed by atoms with E-state index in [0.29, 0.717) is 6.61 Å². The van der Waals surface area contributed by atoms with Crippen LogP contribution >= 0.6 is 0 Å². The average molecular weight is 778 g/mol. The van der Waals surface area contributed by atoms with Gasteiger partial charge >= 0.3 is 285 Å². The van der Waals surface area contributed by atoms with Gasteiger partial charge in [-0.3, -0.25) is 0 Å². The van der Waals surface area contributed by atoms with Crippen LogP contribution in [0.3, 0.4) is 0 Å². The van der Waals surface area contributed by atoms with Crippen LogP contribution in [-0.2, 0) is 18.0 Å². The SMILES string of the molecule is CCC[CH2][Sn]([CH2]CCC)([CH2]CCC)[C]1=C[C@@H](O[Si](C)(C)C(C)(C)C)[C@H](O[Si](C)(C)C(C)(C)C)[C@@H](CO[Si](C)(C)C(C)(C)C)O1. The second-order valence-corrected chi connectivity index (χ2v) is 45.9. The van der Waals surface area contributed by atoms with Gasteiger partial charge in [-0.2, -0.15) is 0 Å². The molecule has 8 heteroatoms. The van der Waals surface area contributed by atoms with E-state index >= 15 is 0 Å². The number of hydrogen-bond acceptors (Lipinski definition) is 4. The van der Waals surface area contributed by atoms with Gasteiger partial charge in [0.2, 0.25) is 0 Å². The van der Waals surface area contributed by atoms with Crippen molar-refractivity contribution in [1.82, 2.24) is 0 Å². The van der Waals surface area contributed by atoms with Gasteiger partial charge in [-0.25, -0.2) is 0 Å². The zero-order valence-electron chi connectivity index (χ0n) is 33.0. The van der Waals surface area contributed by atoms with Crippen molar-refractivity contribution in [2.75, 3.05) is 6.61 Å². The Balaban J connectivity index is 3.95. The Hall–Kier alpha value is 0.869. The molecule has 0 saturated carbocycles. The second-order valence-electron chi connectivity index (χ2n) is 18.5. The molecule has 0 aromatic carbocycles. The molecule has 0 unspecified atom stereocenters. The minimum atomic E-state index is -2.91. The first-order chi connectivity index (χ1) is 19.8. The van der Waals surface area contributed by atoms with Crippen LogP contribution in [-0.4, -0.2) is 68.2 Å². The third kappa shape index (κ3) is 11.5. The van der Waals surface area contributed by atoms with Gasteiger partial charge in [-0.1, -0.05) is 0 Å². The van der Waals surface area contributed by atoms with Crippen molar-refractivity contribution in [3.05, 3.63) is 9.85 Å². The summed E-state index contributed by atoms with van der Waals surface area (Å²) in [5.41, 5.74) is 0. The van der Waals surface area contributed by atoms with E-state index < -0.39 is 43.3 Å². The third-order valence-corrected chi connectivity index (χ3v) is 40.2. The molecule has 0 aliphatic carbocycles. The van der Waals surface area contributed by atoms with Crippen LogP contribution in [0.2, 0.25) is 67.7 Å². The number of unbranched alkanes of at least 4 members (excludes halogenated alkanes) is 3. The molecular formula is C36H78O4Si3Sn. The molecule has 1 aliphatic heterocycles. The predicted octanol–water partition coefficient (Wildman–Crippen LogP) is 12.5. The van der Waals surface area contributed by atoms with Crippen LogP contribution in [0.25, 0.3) is 0 Å². The van der Waals surface area contributed by atoms with Gasteiger partial charge in [0, 0.05) is 0 Å². The predicted molar refractivity (Wildman–Crippen MR) is 205 cm³/mol. The molecule has 4 nitrogen and oxygen atoms in total. The van der Waals surface area contributed by atoms with Crippen LogP contribution in [0.4, 0.5) is 0 Å². The molecule has 1 rings (SSSR count). The van der Waals surface area contributed by atoms with Gasteiger partial charge in [0.05, 0.1) is 0 Å². The molecule has 0 bridgehead atoms. The van der Waals surface area contributed by atoms with Crippen LogP contribution < -0.4 is 0 Å². The first-order valence-corrected chi connectivity index (χ1v) is 34.4. The van der Waals surface area contributed by atoms with Gasteiger partial charge in [-0.05, 0) is 0 Å². The Morgan fingerprint density at radius 2 is 1.02 bits per heavy atom. The first kappa shape index (κ1) is 42.9. The number of hydrogen-bond donors (Lipinski definition) is 0. The molecule has 1 aliphatic rings. The Bertz CT molecular complexity index is 875. The van der Waals surface area contributed by atoms with E-state index in [-0.39, 0.29) is 33.4 Å². The van der Waals surface area contributed by atoms with Crippen molar-refractivity contribution in [3.8, 4) is 0 Å². The summed E-state index contributed by atoms with van der Waals surface area (Å²) >= 11 is -2.91. The summed E-state index contributed by atoms with van der Waals surface area (Å²) in [5.74, 6) is 0. The molecule has 0 saturated heterocycles. The van der Waals surface area contributed by atoms with E-state index in [4.69, 9.17) is 18.0 Å². The van der Waals surface area contributed by atoms with Crippen molar-refractivity contribution in [1.29, 1.82) is 0 Å². The average Bonchev–Trinajstić information content (AvgIpc) is 2.86. The Morgan fingerprint density at radius 3 is 1.39 bits per heavy atom. The second kappa shape index (κ2) is 16.5. The Morgan fingerprint density at radius 1 is 0.636 bits per heavy atom. The number of rotatable bonds is 17. The van der Waals surface area contributed by atoms with E-state index in [2.05, 4.69) is 128 Å². The summed E-state index contributed by atoms with van der Waals surface area (Å²) in [6.45, 7) is 43.1. The summed E-state index contributed by atoms with van der Waals surface area (Å²) in [5, 5.41) is 0.343. The first-order valence-electron chi connectivity index (χ1n) is 18.2. The normalized spacial score (nSPS) is 21.3. The van der Waals surface area contributed by atoms with Crippen LogP contribution in [0.5, 0.6) is 0 Å². The molecule has 0 aromatic rings. The minimum absolute atomic E-state index is 0.0930. The molecule has 0 spiro atoms. The molecule has 3 atom stereocenters. The van der Waals surface area contributed by atoms with Crippen LogP contribution in [0, 0.1) is 0 Å². The molecule has 1 heterocycles. The maximum atomic E-state index is 7.45. The van der Waals surface area contributed by atoms with Crippen molar-refractivity contribution in [2.24, 2.45) is 0 Å². The van der Waals surface area contributed by atoms with Crippen molar-refractivity contribution < 1.29 is 18.0 Å². The maximum absolute atomic E-state index is 7.45. The summed E-state index contributed by atoms with van der Waals surface area (Å²) in [6.07, 6.45) is 9.81. The van der Waals surface area contributed by atoms with E-state index in [1.807, 2.05) is 0 Å². The van der Waals surface area contributed by atoms with Crippen molar-refractivity contribution >= 4 is 43.3 Å². The molecule has 0 amide bonds. The third-order valence-electron chi connectivity index (χ3n) is 11.7. The fraction of sp³-hybridized carbons (Fsp3) is 0.944. The molecule has 0 radical (unpaired) electrons. The summed E-state index contributed by atoms with van der Waals surface area (Å²) in [6, 6.07) is 0. The van der Waals surface area contributed by atoms with Gasteiger partial charge < -0.3 is 0 Å². The van der Waals surface area contributed by atoms with Gasteiger partial charge in [0.15, 0.2) is 0 Å².